The average Bonchev–Trinajstić information content (AvgIpc) is 2.87. The van der Waals surface area contributed by atoms with Crippen LogP contribution in [0.3, 0.4) is 0 Å². The highest BCUT2D eigenvalue weighted by molar-refractivity contribution is 9.10. The number of halogens is 1. The first-order valence-corrected chi connectivity index (χ1v) is 6.11. The second-order valence-corrected chi connectivity index (χ2v) is 4.93. The summed E-state index contributed by atoms with van der Waals surface area (Å²) < 4.78 is 2.40. The van der Waals surface area contributed by atoms with Crippen LogP contribution in [0.5, 0.6) is 0 Å². The van der Waals surface area contributed by atoms with Crippen LogP contribution in [-0.4, -0.2) is 26.1 Å². The van der Waals surface area contributed by atoms with E-state index in [1.165, 1.54) is 11.0 Å². The summed E-state index contributed by atoms with van der Waals surface area (Å²) in [5, 5.41) is 15.3. The normalized spacial score (nSPS) is 10.3. The molecule has 1 N–H and O–H groups in total. The number of rotatable bonds is 4. The maximum atomic E-state index is 11.5. The molecule has 0 unspecified atom stereocenters. The molecule has 0 saturated carbocycles. The Labute approximate surface area is 104 Å². The van der Waals surface area contributed by atoms with Crippen molar-refractivity contribution in [3.8, 4) is 0 Å². The number of thiophene rings is 1. The first-order valence-electron chi connectivity index (χ1n) is 4.44. The van der Waals surface area contributed by atoms with Crippen molar-refractivity contribution in [2.24, 2.45) is 0 Å². The third-order valence-corrected chi connectivity index (χ3v) is 3.48. The zero-order chi connectivity index (χ0) is 11.4. The van der Waals surface area contributed by atoms with Crippen LogP contribution in [0.15, 0.2) is 22.2 Å². The van der Waals surface area contributed by atoms with E-state index in [0.717, 1.165) is 9.35 Å². The van der Waals surface area contributed by atoms with Crippen LogP contribution in [0.1, 0.15) is 4.88 Å². The highest BCUT2D eigenvalue weighted by Gasteiger charge is 2.04. The van der Waals surface area contributed by atoms with Crippen molar-refractivity contribution in [1.82, 2.24) is 25.5 Å². The standard InChI is InChI=1S/C8H8BrN5OS/c9-6-1-7(16-4-6)2-10-8(15)3-14-5-11-12-13-14/h1,4-5H,2-3H2,(H,10,15). The molecule has 0 atom stereocenters. The maximum absolute atomic E-state index is 11.5. The van der Waals surface area contributed by atoms with E-state index in [1.54, 1.807) is 11.3 Å². The van der Waals surface area contributed by atoms with Crippen molar-refractivity contribution in [1.29, 1.82) is 0 Å². The molecule has 84 valence electrons. The van der Waals surface area contributed by atoms with E-state index in [2.05, 4.69) is 36.8 Å². The Morgan fingerprint density at radius 2 is 2.50 bits per heavy atom. The number of hydrogen-bond acceptors (Lipinski definition) is 5. The Kier molecular flexibility index (Phi) is 3.62. The summed E-state index contributed by atoms with van der Waals surface area (Å²) in [6.45, 7) is 0.663. The van der Waals surface area contributed by atoms with Gasteiger partial charge in [0.1, 0.15) is 12.9 Å². The molecule has 0 bridgehead atoms. The molecule has 2 aromatic rings. The number of carbonyl (C=O) groups excluding carboxylic acids is 1. The fourth-order valence-electron chi connectivity index (χ4n) is 1.09. The molecule has 0 radical (unpaired) electrons. The minimum Gasteiger partial charge on any atom is -0.350 e. The van der Waals surface area contributed by atoms with Crippen molar-refractivity contribution in [2.75, 3.05) is 0 Å². The first-order chi connectivity index (χ1) is 7.74. The SMILES string of the molecule is O=C(Cn1cnnn1)NCc1cc(Br)cs1. The lowest BCUT2D eigenvalue weighted by Gasteiger charge is -2.02. The van der Waals surface area contributed by atoms with Crippen molar-refractivity contribution >= 4 is 33.2 Å². The van der Waals surface area contributed by atoms with Gasteiger partial charge in [0.05, 0.1) is 6.54 Å². The minimum atomic E-state index is -0.114. The zero-order valence-corrected chi connectivity index (χ0v) is 10.5. The van der Waals surface area contributed by atoms with Gasteiger partial charge in [-0.05, 0) is 32.4 Å². The van der Waals surface area contributed by atoms with Crippen LogP contribution in [0.25, 0.3) is 0 Å². The molecule has 6 nitrogen and oxygen atoms in total. The van der Waals surface area contributed by atoms with Gasteiger partial charge < -0.3 is 5.32 Å². The molecule has 0 fully saturated rings. The van der Waals surface area contributed by atoms with Crippen LogP contribution >= 0.6 is 27.3 Å². The molecule has 2 heterocycles. The summed E-state index contributed by atoms with van der Waals surface area (Å²) in [5.41, 5.74) is 0. The lowest BCUT2D eigenvalue weighted by Crippen LogP contribution is -2.27. The van der Waals surface area contributed by atoms with Crippen molar-refractivity contribution in [2.45, 2.75) is 13.1 Å². The van der Waals surface area contributed by atoms with Gasteiger partial charge in [-0.3, -0.25) is 4.79 Å². The monoisotopic (exact) mass is 301 g/mol. The highest BCUT2D eigenvalue weighted by Crippen LogP contribution is 2.19. The van der Waals surface area contributed by atoms with Gasteiger partial charge in [0.2, 0.25) is 5.91 Å². The molecule has 2 rings (SSSR count). The Morgan fingerprint density at radius 3 is 3.12 bits per heavy atom. The molecule has 8 heteroatoms. The quantitative estimate of drug-likeness (QED) is 0.907. The van der Waals surface area contributed by atoms with Gasteiger partial charge in [0, 0.05) is 14.7 Å². The van der Waals surface area contributed by atoms with Gasteiger partial charge in [-0.1, -0.05) is 0 Å². The molecule has 0 saturated heterocycles. The van der Waals surface area contributed by atoms with Crippen LogP contribution in [0, 0.1) is 0 Å². The predicted molar refractivity (Wildman–Crippen MR) is 61.7 cm³/mol. The molecule has 0 aromatic carbocycles. The number of nitrogens with one attached hydrogen (secondary N) is 1. The predicted octanol–water partition coefficient (Wildman–Crippen LogP) is 0.814. The van der Waals surface area contributed by atoms with E-state index in [9.17, 15) is 4.79 Å². The van der Waals surface area contributed by atoms with E-state index >= 15 is 0 Å². The summed E-state index contributed by atoms with van der Waals surface area (Å²) >= 11 is 4.95. The summed E-state index contributed by atoms with van der Waals surface area (Å²) in [4.78, 5) is 12.6. The van der Waals surface area contributed by atoms with E-state index < -0.39 is 0 Å². The van der Waals surface area contributed by atoms with Crippen LogP contribution in [0.4, 0.5) is 0 Å². The van der Waals surface area contributed by atoms with Gasteiger partial charge in [-0.25, -0.2) is 4.68 Å². The molecule has 16 heavy (non-hydrogen) atoms. The Bertz CT molecular complexity index is 468. The smallest absolute Gasteiger partial charge is 0.242 e. The molecule has 2 aromatic heterocycles. The molecule has 1 amide bonds. The number of amides is 1. The topological polar surface area (TPSA) is 72.7 Å². The van der Waals surface area contributed by atoms with E-state index in [4.69, 9.17) is 0 Å². The second kappa shape index (κ2) is 5.17. The summed E-state index contributed by atoms with van der Waals surface area (Å²) in [6.07, 6.45) is 1.40. The lowest BCUT2D eigenvalue weighted by atomic mass is 10.4. The van der Waals surface area contributed by atoms with Gasteiger partial charge in [0.25, 0.3) is 0 Å². The number of hydrogen-bond donors (Lipinski definition) is 1. The van der Waals surface area contributed by atoms with E-state index in [0.29, 0.717) is 6.54 Å². The molecule has 0 aliphatic rings. The fraction of sp³-hybridized carbons (Fsp3) is 0.250. The molecule has 0 aliphatic heterocycles. The molecular weight excluding hydrogens is 294 g/mol. The van der Waals surface area contributed by atoms with Crippen LogP contribution in [-0.2, 0) is 17.9 Å². The van der Waals surface area contributed by atoms with Gasteiger partial charge in [0.15, 0.2) is 0 Å². The van der Waals surface area contributed by atoms with Crippen molar-refractivity contribution in [3.05, 3.63) is 27.1 Å². The summed E-state index contributed by atoms with van der Waals surface area (Å²) in [7, 11) is 0. The van der Waals surface area contributed by atoms with Gasteiger partial charge in [-0.15, -0.1) is 16.4 Å². The van der Waals surface area contributed by atoms with Crippen molar-refractivity contribution < 1.29 is 4.79 Å². The number of aromatic nitrogens is 4. The first kappa shape index (κ1) is 11.2. The number of tetrazole rings is 1. The fourth-order valence-corrected chi connectivity index (χ4v) is 2.48. The minimum absolute atomic E-state index is 0.114. The third-order valence-electron chi connectivity index (χ3n) is 1.78. The third kappa shape index (κ3) is 3.11. The van der Waals surface area contributed by atoms with E-state index in [-0.39, 0.29) is 12.5 Å². The zero-order valence-electron chi connectivity index (χ0n) is 8.13. The largest absolute Gasteiger partial charge is 0.350 e. The Morgan fingerprint density at radius 1 is 1.62 bits per heavy atom. The Balaban J connectivity index is 1.80. The average molecular weight is 302 g/mol. The summed E-state index contributed by atoms with van der Waals surface area (Å²) in [6, 6.07) is 1.97. The maximum Gasteiger partial charge on any atom is 0.242 e. The van der Waals surface area contributed by atoms with Crippen LogP contribution < -0.4 is 5.32 Å². The highest BCUT2D eigenvalue weighted by atomic mass is 79.9. The number of carbonyl (C=O) groups is 1. The van der Waals surface area contributed by atoms with E-state index in [1.807, 2.05) is 11.4 Å². The lowest BCUT2D eigenvalue weighted by molar-refractivity contribution is -0.122. The summed E-state index contributed by atoms with van der Waals surface area (Å²) in [5.74, 6) is -0.114. The van der Waals surface area contributed by atoms with Crippen molar-refractivity contribution in [3.63, 3.8) is 0 Å². The second-order valence-electron chi connectivity index (χ2n) is 3.02. The Hall–Kier alpha value is -1.28. The number of nitrogens with zero attached hydrogens (tertiary/aromatic N) is 4. The molecular formula is C8H8BrN5OS. The molecule has 0 spiro atoms. The molecule has 0 aliphatic carbocycles. The van der Waals surface area contributed by atoms with Crippen LogP contribution in [0.2, 0.25) is 0 Å². The van der Waals surface area contributed by atoms with Gasteiger partial charge >= 0.3 is 0 Å². The van der Waals surface area contributed by atoms with Gasteiger partial charge in [-0.2, -0.15) is 0 Å².